The quantitative estimate of drug-likeness (QED) is 0.337. The van der Waals surface area contributed by atoms with Gasteiger partial charge in [-0.15, -0.1) is 35.3 Å². The minimum Gasteiger partial charge on any atom is -0.375 e. The Bertz CT molecular complexity index is 629. The van der Waals surface area contributed by atoms with E-state index in [1.54, 1.807) is 18.4 Å². The Morgan fingerprint density at radius 2 is 2.39 bits per heavy atom. The summed E-state index contributed by atoms with van der Waals surface area (Å²) in [5.41, 5.74) is 1.04. The number of aromatic nitrogens is 1. The third-order valence-electron chi connectivity index (χ3n) is 5.27. The second kappa shape index (κ2) is 11.6. The molecule has 0 bridgehead atoms. The van der Waals surface area contributed by atoms with Gasteiger partial charge < -0.3 is 19.7 Å². The van der Waals surface area contributed by atoms with Crippen molar-refractivity contribution in [3.63, 3.8) is 0 Å². The molecule has 3 atom stereocenters. The Balaban J connectivity index is 0.00000280. The molecule has 2 aliphatic heterocycles. The summed E-state index contributed by atoms with van der Waals surface area (Å²) in [6.45, 7) is 9.43. The molecule has 2 saturated heterocycles. The van der Waals surface area contributed by atoms with E-state index in [2.05, 4.69) is 39.5 Å². The summed E-state index contributed by atoms with van der Waals surface area (Å²) in [4.78, 5) is 14.2. The SMILES string of the molecule is CCNC(=NCC1CN2CCCC2CO1)N(C)Cc1csc(C(C)OC)n1.I. The summed E-state index contributed by atoms with van der Waals surface area (Å²) < 4.78 is 11.4. The number of hydrogen-bond acceptors (Lipinski definition) is 6. The number of halogens is 1. The van der Waals surface area contributed by atoms with E-state index in [0.29, 0.717) is 12.6 Å². The maximum Gasteiger partial charge on any atom is 0.194 e. The second-order valence-corrected chi connectivity index (χ2v) is 8.24. The molecule has 160 valence electrons. The molecule has 7 nitrogen and oxygen atoms in total. The second-order valence-electron chi connectivity index (χ2n) is 7.35. The summed E-state index contributed by atoms with van der Waals surface area (Å²) >= 11 is 1.65. The smallest absolute Gasteiger partial charge is 0.194 e. The highest BCUT2D eigenvalue weighted by atomic mass is 127. The summed E-state index contributed by atoms with van der Waals surface area (Å²) in [6.07, 6.45) is 2.80. The van der Waals surface area contributed by atoms with E-state index in [1.165, 1.54) is 19.4 Å². The number of ether oxygens (including phenoxy) is 2. The zero-order chi connectivity index (χ0) is 19.2. The maximum atomic E-state index is 6.04. The molecule has 0 aromatic carbocycles. The highest BCUT2D eigenvalue weighted by molar-refractivity contribution is 14.0. The van der Waals surface area contributed by atoms with Crippen LogP contribution in [-0.2, 0) is 16.0 Å². The van der Waals surface area contributed by atoms with Crippen LogP contribution in [0.5, 0.6) is 0 Å². The molecule has 1 aromatic rings. The number of hydrogen-bond donors (Lipinski definition) is 1. The van der Waals surface area contributed by atoms with Crippen LogP contribution in [0.2, 0.25) is 0 Å². The zero-order valence-corrected chi connectivity index (χ0v) is 20.5. The fourth-order valence-electron chi connectivity index (χ4n) is 3.65. The van der Waals surface area contributed by atoms with Gasteiger partial charge in [0, 0.05) is 38.7 Å². The van der Waals surface area contributed by atoms with Gasteiger partial charge >= 0.3 is 0 Å². The van der Waals surface area contributed by atoms with Crippen LogP contribution in [0.25, 0.3) is 0 Å². The molecule has 2 aliphatic rings. The van der Waals surface area contributed by atoms with Crippen LogP contribution in [-0.4, -0.2) is 79.8 Å². The number of morpholine rings is 1. The van der Waals surface area contributed by atoms with Gasteiger partial charge in [0.05, 0.1) is 31.5 Å². The number of guanidine groups is 1. The molecule has 0 aliphatic carbocycles. The maximum absolute atomic E-state index is 6.04. The fraction of sp³-hybridized carbons (Fsp3) is 0.789. The van der Waals surface area contributed by atoms with Crippen LogP contribution >= 0.6 is 35.3 Å². The van der Waals surface area contributed by atoms with Crippen molar-refractivity contribution in [3.05, 3.63) is 16.1 Å². The predicted molar refractivity (Wildman–Crippen MR) is 125 cm³/mol. The summed E-state index contributed by atoms with van der Waals surface area (Å²) in [6, 6.07) is 0.634. The molecule has 0 saturated carbocycles. The van der Waals surface area contributed by atoms with Gasteiger partial charge in [-0.05, 0) is 33.2 Å². The Morgan fingerprint density at radius 3 is 3.14 bits per heavy atom. The van der Waals surface area contributed by atoms with Crippen molar-refractivity contribution in [1.82, 2.24) is 20.1 Å². The summed E-state index contributed by atoms with van der Waals surface area (Å²) in [7, 11) is 3.77. The Morgan fingerprint density at radius 1 is 1.57 bits per heavy atom. The van der Waals surface area contributed by atoms with Gasteiger partial charge in [0.25, 0.3) is 0 Å². The first-order valence-electron chi connectivity index (χ1n) is 9.92. The monoisotopic (exact) mass is 523 g/mol. The van der Waals surface area contributed by atoms with Gasteiger partial charge in [0.2, 0.25) is 0 Å². The molecule has 0 amide bonds. The Hall–Kier alpha value is -0.490. The number of nitrogens with zero attached hydrogens (tertiary/aromatic N) is 4. The van der Waals surface area contributed by atoms with E-state index in [1.807, 2.05) is 6.92 Å². The van der Waals surface area contributed by atoms with E-state index in [4.69, 9.17) is 14.5 Å². The van der Waals surface area contributed by atoms with Crippen molar-refractivity contribution in [2.75, 3.05) is 46.9 Å². The number of thiazole rings is 1. The molecule has 3 rings (SSSR count). The molecule has 1 N–H and O–H groups in total. The van der Waals surface area contributed by atoms with E-state index < -0.39 is 0 Å². The first kappa shape index (κ1) is 23.8. The van der Waals surface area contributed by atoms with Gasteiger partial charge in [-0.3, -0.25) is 9.89 Å². The summed E-state index contributed by atoms with van der Waals surface area (Å²) in [5, 5.41) is 6.50. The largest absolute Gasteiger partial charge is 0.375 e. The summed E-state index contributed by atoms with van der Waals surface area (Å²) in [5.74, 6) is 0.902. The first-order chi connectivity index (χ1) is 13.1. The van der Waals surface area contributed by atoms with Crippen molar-refractivity contribution in [2.45, 2.75) is 51.5 Å². The van der Waals surface area contributed by atoms with E-state index in [0.717, 1.165) is 42.9 Å². The van der Waals surface area contributed by atoms with Crippen molar-refractivity contribution in [1.29, 1.82) is 0 Å². The first-order valence-corrected chi connectivity index (χ1v) is 10.8. The van der Waals surface area contributed by atoms with Crippen LogP contribution < -0.4 is 5.32 Å². The van der Waals surface area contributed by atoms with Crippen molar-refractivity contribution in [3.8, 4) is 0 Å². The van der Waals surface area contributed by atoms with E-state index in [9.17, 15) is 0 Å². The predicted octanol–water partition coefficient (Wildman–Crippen LogP) is 2.73. The molecular weight excluding hydrogens is 489 g/mol. The van der Waals surface area contributed by atoms with Crippen molar-refractivity contribution >= 4 is 41.3 Å². The van der Waals surface area contributed by atoms with Crippen LogP contribution in [0.1, 0.15) is 43.5 Å². The third kappa shape index (κ3) is 6.25. The topological polar surface area (TPSA) is 62.2 Å². The molecule has 0 spiro atoms. The number of fused-ring (bicyclic) bond motifs is 1. The van der Waals surface area contributed by atoms with Gasteiger partial charge in [0.1, 0.15) is 11.1 Å². The number of nitrogens with one attached hydrogen (secondary N) is 1. The van der Waals surface area contributed by atoms with Gasteiger partial charge in [-0.1, -0.05) is 0 Å². The van der Waals surface area contributed by atoms with Gasteiger partial charge in [-0.25, -0.2) is 4.98 Å². The molecular formula is C19H34IN5O2S. The van der Waals surface area contributed by atoms with Crippen LogP contribution in [0.15, 0.2) is 10.4 Å². The molecule has 0 radical (unpaired) electrons. The van der Waals surface area contributed by atoms with Crippen LogP contribution in [0.3, 0.4) is 0 Å². The fourth-order valence-corrected chi connectivity index (χ4v) is 4.50. The molecule has 2 fully saturated rings. The number of aliphatic imine (C=N–C) groups is 1. The zero-order valence-electron chi connectivity index (χ0n) is 17.4. The molecule has 1 aromatic heterocycles. The minimum atomic E-state index is 0. The van der Waals surface area contributed by atoms with Crippen LogP contribution in [0, 0.1) is 0 Å². The Labute approximate surface area is 189 Å². The molecule has 28 heavy (non-hydrogen) atoms. The normalized spacial score (nSPS) is 23.8. The molecule has 9 heteroatoms. The lowest BCUT2D eigenvalue weighted by molar-refractivity contribution is -0.0432. The highest BCUT2D eigenvalue weighted by Crippen LogP contribution is 2.23. The third-order valence-corrected chi connectivity index (χ3v) is 6.33. The van der Waals surface area contributed by atoms with Crippen molar-refractivity contribution in [2.24, 2.45) is 4.99 Å². The molecule has 3 heterocycles. The number of rotatable bonds is 7. The Kier molecular flexibility index (Phi) is 9.88. The lowest BCUT2D eigenvalue weighted by atomic mass is 10.2. The van der Waals surface area contributed by atoms with E-state index >= 15 is 0 Å². The number of methoxy groups -OCH3 is 1. The minimum absolute atomic E-state index is 0. The average Bonchev–Trinajstić information content (AvgIpc) is 3.33. The van der Waals surface area contributed by atoms with Gasteiger partial charge in [0.15, 0.2) is 5.96 Å². The van der Waals surface area contributed by atoms with E-state index in [-0.39, 0.29) is 36.2 Å². The van der Waals surface area contributed by atoms with Crippen molar-refractivity contribution < 1.29 is 9.47 Å². The van der Waals surface area contributed by atoms with Gasteiger partial charge in [-0.2, -0.15) is 0 Å². The molecule has 3 unspecified atom stereocenters. The lowest BCUT2D eigenvalue weighted by Crippen LogP contribution is -2.47. The van der Waals surface area contributed by atoms with Crippen LogP contribution in [0.4, 0.5) is 0 Å². The lowest BCUT2D eigenvalue weighted by Gasteiger charge is -2.34. The standard InChI is InChI=1S/C19H33N5O2S.HI/c1-5-20-19(21-9-17-11-24-8-6-7-16(24)12-26-17)23(3)10-15-13-27-18(22-15)14(2)25-4;/h13-14,16-17H,5-12H2,1-4H3,(H,20,21);1H. The average molecular weight is 523 g/mol. The highest BCUT2D eigenvalue weighted by Gasteiger charge is 2.32.